The summed E-state index contributed by atoms with van der Waals surface area (Å²) >= 11 is 0. The van der Waals surface area contributed by atoms with E-state index in [0.717, 1.165) is 17.8 Å². The molecule has 0 aromatic heterocycles. The summed E-state index contributed by atoms with van der Waals surface area (Å²) < 4.78 is 0. The van der Waals surface area contributed by atoms with Crippen LogP contribution in [0.3, 0.4) is 0 Å². The van der Waals surface area contributed by atoms with Gasteiger partial charge in [-0.15, -0.1) is 0 Å². The molecular weight excluding hydrogens is 152 g/mol. The van der Waals surface area contributed by atoms with Gasteiger partial charge in [-0.3, -0.25) is 0 Å². The molecule has 0 saturated carbocycles. The zero-order valence-electron chi connectivity index (χ0n) is 6.96. The van der Waals surface area contributed by atoms with E-state index in [4.69, 9.17) is 10.8 Å². The predicted molar refractivity (Wildman–Crippen MR) is 49.9 cm³/mol. The lowest BCUT2D eigenvalue weighted by Crippen LogP contribution is -2.12. The molecule has 1 aromatic rings. The van der Waals surface area contributed by atoms with E-state index in [9.17, 15) is 0 Å². The Morgan fingerprint density at radius 2 is 1.92 bits per heavy atom. The van der Waals surface area contributed by atoms with Crippen LogP contribution >= 0.6 is 0 Å². The highest BCUT2D eigenvalue weighted by atomic mass is 16.3. The Bertz CT molecular complexity index is 220. The summed E-state index contributed by atoms with van der Waals surface area (Å²) in [6, 6.07) is 7.64. The fourth-order valence-electron chi connectivity index (χ4n) is 0.945. The average Bonchev–Trinajstić information content (AvgIpc) is 2.15. The molecule has 0 heterocycles. The summed E-state index contributed by atoms with van der Waals surface area (Å²) in [6.45, 7) is 1.50. The summed E-state index contributed by atoms with van der Waals surface area (Å²) in [6.07, 6.45) is 0. The lowest BCUT2D eigenvalue weighted by Gasteiger charge is -2.04. The van der Waals surface area contributed by atoms with E-state index in [2.05, 4.69) is 5.32 Å². The Labute approximate surface area is 72.2 Å². The van der Waals surface area contributed by atoms with Crippen molar-refractivity contribution in [2.75, 3.05) is 18.4 Å². The van der Waals surface area contributed by atoms with Crippen LogP contribution in [0.1, 0.15) is 5.56 Å². The van der Waals surface area contributed by atoms with Gasteiger partial charge in [0, 0.05) is 18.8 Å². The van der Waals surface area contributed by atoms with Crippen molar-refractivity contribution in [1.82, 2.24) is 0 Å². The Morgan fingerprint density at radius 3 is 2.42 bits per heavy atom. The number of nitrogens with two attached hydrogens (primary N) is 1. The molecule has 66 valence electrons. The minimum atomic E-state index is 0.0944. The third-order valence-corrected chi connectivity index (χ3v) is 1.61. The zero-order valence-corrected chi connectivity index (χ0v) is 6.96. The van der Waals surface area contributed by atoms with Gasteiger partial charge in [-0.25, -0.2) is 0 Å². The number of hydrogen-bond acceptors (Lipinski definition) is 3. The van der Waals surface area contributed by atoms with Gasteiger partial charge in [0.1, 0.15) is 0 Å². The Hall–Kier alpha value is -1.06. The van der Waals surface area contributed by atoms with Crippen LogP contribution in [0.25, 0.3) is 0 Å². The van der Waals surface area contributed by atoms with Crippen molar-refractivity contribution in [3.05, 3.63) is 29.8 Å². The summed E-state index contributed by atoms with van der Waals surface area (Å²) in [4.78, 5) is 0. The van der Waals surface area contributed by atoms with Crippen LogP contribution in [0, 0.1) is 0 Å². The van der Waals surface area contributed by atoms with Crippen molar-refractivity contribution < 1.29 is 5.11 Å². The molecule has 12 heavy (non-hydrogen) atoms. The van der Waals surface area contributed by atoms with Gasteiger partial charge in [0.15, 0.2) is 0 Å². The smallest absolute Gasteiger partial charge is 0.0681 e. The fraction of sp³-hybridized carbons (Fsp3) is 0.333. The van der Waals surface area contributed by atoms with Crippen LogP contribution in [-0.4, -0.2) is 18.2 Å². The molecular formula is C9H14N2O. The molecule has 0 radical (unpaired) electrons. The number of anilines is 1. The molecule has 0 bridgehead atoms. The molecule has 3 heteroatoms. The Morgan fingerprint density at radius 1 is 1.25 bits per heavy atom. The fourth-order valence-corrected chi connectivity index (χ4v) is 0.945. The van der Waals surface area contributed by atoms with E-state index in [1.807, 2.05) is 24.3 Å². The van der Waals surface area contributed by atoms with E-state index in [1.165, 1.54) is 0 Å². The number of rotatable bonds is 4. The van der Waals surface area contributed by atoms with Gasteiger partial charge in [0.05, 0.1) is 6.61 Å². The summed E-state index contributed by atoms with van der Waals surface area (Å²) in [5.41, 5.74) is 7.29. The van der Waals surface area contributed by atoms with Crippen LogP contribution in [0.4, 0.5) is 5.69 Å². The van der Waals surface area contributed by atoms with E-state index in [1.54, 1.807) is 0 Å². The number of aliphatic hydroxyl groups excluding tert-OH is 1. The highest BCUT2D eigenvalue weighted by Gasteiger charge is 1.90. The summed E-state index contributed by atoms with van der Waals surface area (Å²) in [7, 11) is 0. The Kier molecular flexibility index (Phi) is 3.57. The highest BCUT2D eigenvalue weighted by Crippen LogP contribution is 2.08. The van der Waals surface area contributed by atoms with Gasteiger partial charge < -0.3 is 16.2 Å². The number of nitrogens with one attached hydrogen (secondary N) is 1. The molecule has 0 atom stereocenters. The number of aliphatic hydroxyl groups is 1. The largest absolute Gasteiger partial charge is 0.392 e. The lowest BCUT2D eigenvalue weighted by atomic mass is 10.2. The van der Waals surface area contributed by atoms with Gasteiger partial charge in [0.2, 0.25) is 0 Å². The molecule has 1 aromatic carbocycles. The van der Waals surface area contributed by atoms with Gasteiger partial charge in [-0.05, 0) is 17.7 Å². The molecule has 0 aliphatic carbocycles. The van der Waals surface area contributed by atoms with Gasteiger partial charge in [-0.2, -0.15) is 0 Å². The van der Waals surface area contributed by atoms with Crippen LogP contribution in [0.2, 0.25) is 0 Å². The first kappa shape index (κ1) is 9.03. The first-order chi connectivity index (χ1) is 5.86. The molecule has 3 nitrogen and oxygen atoms in total. The molecule has 0 aliphatic rings. The quantitative estimate of drug-likeness (QED) is 0.612. The number of hydrogen-bond donors (Lipinski definition) is 3. The van der Waals surface area contributed by atoms with Crippen molar-refractivity contribution in [2.24, 2.45) is 5.73 Å². The SMILES string of the molecule is NCCNc1ccc(CO)cc1. The second kappa shape index (κ2) is 4.74. The van der Waals surface area contributed by atoms with Gasteiger partial charge in [0.25, 0.3) is 0 Å². The Balaban J connectivity index is 2.53. The molecule has 0 amide bonds. The minimum absolute atomic E-state index is 0.0944. The highest BCUT2D eigenvalue weighted by molar-refractivity contribution is 5.44. The molecule has 0 spiro atoms. The standard InChI is InChI=1S/C9H14N2O/c10-5-6-11-9-3-1-8(7-12)2-4-9/h1-4,11-12H,5-7,10H2. The van der Waals surface area contributed by atoms with Crippen molar-refractivity contribution >= 4 is 5.69 Å². The molecule has 0 fully saturated rings. The molecule has 0 unspecified atom stereocenters. The maximum atomic E-state index is 8.76. The normalized spacial score (nSPS) is 9.83. The van der Waals surface area contributed by atoms with Crippen molar-refractivity contribution in [3.63, 3.8) is 0 Å². The minimum Gasteiger partial charge on any atom is -0.392 e. The number of benzene rings is 1. The monoisotopic (exact) mass is 166 g/mol. The summed E-state index contributed by atoms with van der Waals surface area (Å²) in [5, 5.41) is 11.9. The molecule has 0 aliphatic heterocycles. The topological polar surface area (TPSA) is 58.3 Å². The van der Waals surface area contributed by atoms with E-state index < -0.39 is 0 Å². The van der Waals surface area contributed by atoms with Crippen LogP contribution < -0.4 is 11.1 Å². The van der Waals surface area contributed by atoms with Crippen LogP contribution in [0.5, 0.6) is 0 Å². The van der Waals surface area contributed by atoms with Crippen molar-refractivity contribution in [2.45, 2.75) is 6.61 Å². The second-order valence-electron chi connectivity index (χ2n) is 2.57. The molecule has 0 saturated heterocycles. The third kappa shape index (κ3) is 2.53. The molecule has 4 N–H and O–H groups in total. The lowest BCUT2D eigenvalue weighted by molar-refractivity contribution is 0.282. The van der Waals surface area contributed by atoms with E-state index in [-0.39, 0.29) is 6.61 Å². The van der Waals surface area contributed by atoms with Crippen molar-refractivity contribution in [3.8, 4) is 0 Å². The first-order valence-electron chi connectivity index (χ1n) is 4.00. The van der Waals surface area contributed by atoms with E-state index in [0.29, 0.717) is 6.54 Å². The van der Waals surface area contributed by atoms with E-state index >= 15 is 0 Å². The maximum absolute atomic E-state index is 8.76. The first-order valence-corrected chi connectivity index (χ1v) is 4.00. The maximum Gasteiger partial charge on any atom is 0.0681 e. The zero-order chi connectivity index (χ0) is 8.81. The van der Waals surface area contributed by atoms with Gasteiger partial charge >= 0.3 is 0 Å². The average molecular weight is 166 g/mol. The van der Waals surface area contributed by atoms with Crippen molar-refractivity contribution in [1.29, 1.82) is 0 Å². The van der Waals surface area contributed by atoms with Gasteiger partial charge in [-0.1, -0.05) is 12.1 Å². The molecule has 1 rings (SSSR count). The second-order valence-corrected chi connectivity index (χ2v) is 2.57. The summed E-state index contributed by atoms with van der Waals surface area (Å²) in [5.74, 6) is 0. The van der Waals surface area contributed by atoms with Crippen LogP contribution in [-0.2, 0) is 6.61 Å². The van der Waals surface area contributed by atoms with Crippen LogP contribution in [0.15, 0.2) is 24.3 Å². The third-order valence-electron chi connectivity index (χ3n) is 1.61. The predicted octanol–water partition coefficient (Wildman–Crippen LogP) is 0.549.